The molecule has 0 aliphatic heterocycles. The summed E-state index contributed by atoms with van der Waals surface area (Å²) >= 11 is 0. The van der Waals surface area contributed by atoms with E-state index in [2.05, 4.69) is 106 Å². The first-order valence-corrected chi connectivity index (χ1v) is 17.4. The zero-order valence-corrected chi connectivity index (χ0v) is 29.3. The maximum atomic E-state index is 10.1. The van der Waals surface area contributed by atoms with Crippen molar-refractivity contribution in [2.75, 3.05) is 0 Å². The summed E-state index contributed by atoms with van der Waals surface area (Å²) in [6.07, 6.45) is 28.8. The van der Waals surface area contributed by atoms with Crippen molar-refractivity contribution in [2.24, 2.45) is 40.4 Å². The van der Waals surface area contributed by atoms with Crippen LogP contribution in [0.2, 0.25) is 0 Å². The molecular formula is C40H68O2. The predicted molar refractivity (Wildman–Crippen MR) is 184 cm³/mol. The van der Waals surface area contributed by atoms with Gasteiger partial charge in [0.2, 0.25) is 0 Å². The number of rotatable bonds is 16. The molecule has 0 spiro atoms. The molecule has 0 aromatic carbocycles. The van der Waals surface area contributed by atoms with Crippen LogP contribution in [0.25, 0.3) is 0 Å². The Balaban J connectivity index is 1.60. The van der Waals surface area contributed by atoms with Gasteiger partial charge < -0.3 is 10.2 Å². The Hall–Kier alpha value is -1.38. The highest BCUT2D eigenvalue weighted by atomic mass is 16.3. The van der Waals surface area contributed by atoms with E-state index in [0.29, 0.717) is 17.8 Å². The highest BCUT2D eigenvalue weighted by molar-refractivity contribution is 5.33. The lowest BCUT2D eigenvalue weighted by Crippen LogP contribution is -2.32. The maximum absolute atomic E-state index is 10.1. The summed E-state index contributed by atoms with van der Waals surface area (Å²) in [7, 11) is 0. The van der Waals surface area contributed by atoms with Gasteiger partial charge in [0.25, 0.3) is 0 Å². The Morgan fingerprint density at radius 2 is 1.48 bits per heavy atom. The lowest BCUT2D eigenvalue weighted by molar-refractivity contribution is 0.116. The number of hydrogen-bond acceptors (Lipinski definition) is 2. The number of allylic oxidation sites excluding steroid dienone is 8. The second-order valence-electron chi connectivity index (χ2n) is 16.0. The highest BCUT2D eigenvalue weighted by Gasteiger charge is 2.34. The van der Waals surface area contributed by atoms with Crippen LogP contribution in [0.15, 0.2) is 59.3 Å². The lowest BCUT2D eigenvalue weighted by Gasteiger charge is -2.38. The lowest BCUT2D eigenvalue weighted by atomic mass is 9.67. The van der Waals surface area contributed by atoms with E-state index in [-0.39, 0.29) is 23.0 Å². The van der Waals surface area contributed by atoms with Gasteiger partial charge in [-0.2, -0.15) is 0 Å². The fourth-order valence-electron chi connectivity index (χ4n) is 7.61. The van der Waals surface area contributed by atoms with Crippen molar-refractivity contribution in [2.45, 2.75) is 152 Å². The summed E-state index contributed by atoms with van der Waals surface area (Å²) in [6.45, 7) is 22.9. The van der Waals surface area contributed by atoms with Gasteiger partial charge in [-0.1, -0.05) is 148 Å². The van der Waals surface area contributed by atoms with Crippen molar-refractivity contribution in [3.05, 3.63) is 59.3 Å². The molecule has 2 heteroatoms. The zero-order valence-electron chi connectivity index (χ0n) is 29.3. The summed E-state index contributed by atoms with van der Waals surface area (Å²) in [5.41, 5.74) is 4.28. The molecule has 0 fully saturated rings. The number of aliphatic hydroxyl groups is 2. The van der Waals surface area contributed by atoms with E-state index in [0.717, 1.165) is 31.1 Å². The Morgan fingerprint density at radius 3 is 2.12 bits per heavy atom. The molecule has 4 unspecified atom stereocenters. The van der Waals surface area contributed by atoms with Crippen molar-refractivity contribution >= 4 is 0 Å². The standard InChI is InChI=1S/C40H68O2/c1-29(17-13-19-31(3)21-23-37-33(5)25-35(41)27-39(37,7)8)15-11-12-16-30(2)18-14-20-32(4)22-24-38-34(6)26-36(42)28-40(38,9)10/h13,19,21-25,29-32,35-37,41-42H,11-12,14-18,20,26-28H2,1-10H3/b19-13+,23-21+,24-22+/t29?,30?,31?,32?,35-,36-,37-/m0/s1. The third kappa shape index (κ3) is 12.7. The van der Waals surface area contributed by atoms with Gasteiger partial charge >= 0.3 is 0 Å². The molecule has 0 aromatic heterocycles. The minimum absolute atomic E-state index is 0.0751. The fourth-order valence-corrected chi connectivity index (χ4v) is 7.61. The topological polar surface area (TPSA) is 40.5 Å². The summed E-state index contributed by atoms with van der Waals surface area (Å²) < 4.78 is 0. The fraction of sp³-hybridized carbons (Fsp3) is 0.750. The zero-order chi connectivity index (χ0) is 31.5. The first kappa shape index (κ1) is 36.8. The van der Waals surface area contributed by atoms with E-state index in [1.54, 1.807) is 0 Å². The Kier molecular flexibility index (Phi) is 15.1. The van der Waals surface area contributed by atoms with Crippen LogP contribution in [-0.4, -0.2) is 22.4 Å². The van der Waals surface area contributed by atoms with Gasteiger partial charge in [0, 0.05) is 5.92 Å². The summed E-state index contributed by atoms with van der Waals surface area (Å²) in [6, 6.07) is 0. The van der Waals surface area contributed by atoms with Crippen molar-refractivity contribution < 1.29 is 10.2 Å². The van der Waals surface area contributed by atoms with Crippen molar-refractivity contribution in [1.29, 1.82) is 0 Å². The van der Waals surface area contributed by atoms with Gasteiger partial charge in [-0.05, 0) is 86.0 Å². The average molecular weight is 581 g/mol. The van der Waals surface area contributed by atoms with E-state index in [4.69, 9.17) is 0 Å². The van der Waals surface area contributed by atoms with Gasteiger partial charge in [-0.25, -0.2) is 0 Å². The summed E-state index contributed by atoms with van der Waals surface area (Å²) in [4.78, 5) is 0. The van der Waals surface area contributed by atoms with E-state index in [1.165, 1.54) is 68.1 Å². The quantitative estimate of drug-likeness (QED) is 0.141. The second kappa shape index (κ2) is 17.2. The average Bonchev–Trinajstić information content (AvgIpc) is 2.84. The molecule has 7 atom stereocenters. The monoisotopic (exact) mass is 581 g/mol. The smallest absolute Gasteiger partial charge is 0.0729 e. The van der Waals surface area contributed by atoms with E-state index < -0.39 is 0 Å². The second-order valence-corrected chi connectivity index (χ2v) is 16.0. The number of hydrogen-bond donors (Lipinski definition) is 2. The molecular weight excluding hydrogens is 512 g/mol. The number of aliphatic hydroxyl groups excluding tert-OH is 2. The van der Waals surface area contributed by atoms with Crippen LogP contribution in [-0.2, 0) is 0 Å². The van der Waals surface area contributed by atoms with Crippen LogP contribution in [0, 0.1) is 40.4 Å². The molecule has 2 aliphatic carbocycles. The Morgan fingerprint density at radius 1 is 0.833 bits per heavy atom. The van der Waals surface area contributed by atoms with Gasteiger partial charge in [0.15, 0.2) is 0 Å². The van der Waals surface area contributed by atoms with Crippen molar-refractivity contribution in [3.63, 3.8) is 0 Å². The molecule has 0 amide bonds. The van der Waals surface area contributed by atoms with Gasteiger partial charge in [-0.15, -0.1) is 0 Å². The largest absolute Gasteiger partial charge is 0.393 e. The van der Waals surface area contributed by atoms with Gasteiger partial charge in [-0.3, -0.25) is 0 Å². The molecule has 2 N–H and O–H groups in total. The molecule has 0 bridgehead atoms. The third-order valence-electron chi connectivity index (χ3n) is 10.2. The first-order chi connectivity index (χ1) is 19.6. The predicted octanol–water partition coefficient (Wildman–Crippen LogP) is 11.2. The van der Waals surface area contributed by atoms with Gasteiger partial charge in [0.1, 0.15) is 0 Å². The van der Waals surface area contributed by atoms with E-state index >= 15 is 0 Å². The Labute approximate surface area is 261 Å². The minimum Gasteiger partial charge on any atom is -0.393 e. The molecule has 0 saturated heterocycles. The molecule has 42 heavy (non-hydrogen) atoms. The summed E-state index contributed by atoms with van der Waals surface area (Å²) in [5.74, 6) is 3.04. The van der Waals surface area contributed by atoms with Crippen LogP contribution in [0.1, 0.15) is 140 Å². The Bertz CT molecular complexity index is 958. The molecule has 0 radical (unpaired) electrons. The molecule has 0 heterocycles. The van der Waals surface area contributed by atoms with E-state index in [9.17, 15) is 10.2 Å². The maximum Gasteiger partial charge on any atom is 0.0729 e. The van der Waals surface area contributed by atoms with Crippen LogP contribution in [0.4, 0.5) is 0 Å². The third-order valence-corrected chi connectivity index (χ3v) is 10.2. The van der Waals surface area contributed by atoms with Crippen LogP contribution in [0.5, 0.6) is 0 Å². The van der Waals surface area contributed by atoms with E-state index in [1.807, 2.05) is 6.08 Å². The van der Waals surface area contributed by atoms with Crippen molar-refractivity contribution in [3.8, 4) is 0 Å². The number of unbranched alkanes of at least 4 members (excludes halogenated alkanes) is 1. The van der Waals surface area contributed by atoms with Crippen LogP contribution >= 0.6 is 0 Å². The molecule has 0 saturated carbocycles. The minimum atomic E-state index is -0.298. The molecule has 0 aromatic rings. The summed E-state index contributed by atoms with van der Waals surface area (Å²) in [5, 5.41) is 20.2. The van der Waals surface area contributed by atoms with Crippen LogP contribution < -0.4 is 0 Å². The highest BCUT2D eigenvalue weighted by Crippen LogP contribution is 2.42. The molecule has 2 aliphatic rings. The first-order valence-electron chi connectivity index (χ1n) is 17.4. The van der Waals surface area contributed by atoms with Gasteiger partial charge in [0.05, 0.1) is 12.2 Å². The normalized spacial score (nSPS) is 27.5. The SMILES string of the molecule is CC1=C[C@H](O)CC(C)(C)[C@H]1/C=C/C(C)/C=C/CC(C)CCCCC(C)CCCC(C)/C=C/C1=C(C)C[C@H](O)CC1(C)C. The molecule has 240 valence electrons. The van der Waals surface area contributed by atoms with Crippen LogP contribution in [0.3, 0.4) is 0 Å². The molecule has 2 nitrogen and oxygen atoms in total. The molecule has 2 rings (SSSR count). The van der Waals surface area contributed by atoms with Crippen molar-refractivity contribution in [1.82, 2.24) is 0 Å².